The molecule has 0 saturated carbocycles. The van der Waals surface area contributed by atoms with Crippen molar-refractivity contribution >= 4 is 17.4 Å². The molecule has 192 valence electrons. The summed E-state index contributed by atoms with van der Waals surface area (Å²) < 4.78 is 11.4. The minimum Gasteiger partial charge on any atom is -0.507 e. The number of morpholine rings is 1. The third kappa shape index (κ3) is 5.97. The first-order valence-electron chi connectivity index (χ1n) is 12.7. The number of nitrogens with zero attached hydrogens (tertiary/aromatic N) is 2. The van der Waals surface area contributed by atoms with Gasteiger partial charge >= 0.3 is 0 Å². The van der Waals surface area contributed by atoms with Crippen molar-refractivity contribution in [3.05, 3.63) is 70.8 Å². The number of carbonyl (C=O) groups is 2. The van der Waals surface area contributed by atoms with E-state index >= 15 is 0 Å². The Kier molecular flexibility index (Phi) is 8.44. The fourth-order valence-electron chi connectivity index (χ4n) is 4.58. The van der Waals surface area contributed by atoms with Gasteiger partial charge in [0.25, 0.3) is 11.7 Å². The molecule has 0 aliphatic carbocycles. The first kappa shape index (κ1) is 25.9. The number of aliphatic hydroxyl groups excluding tert-OH is 1. The molecule has 4 rings (SSSR count). The molecule has 0 spiro atoms. The summed E-state index contributed by atoms with van der Waals surface area (Å²) in [4.78, 5) is 30.4. The van der Waals surface area contributed by atoms with Crippen LogP contribution in [0.5, 0.6) is 5.75 Å². The molecule has 2 aromatic rings. The summed E-state index contributed by atoms with van der Waals surface area (Å²) in [5.74, 6) is -0.199. The highest BCUT2D eigenvalue weighted by molar-refractivity contribution is 6.46. The molecule has 1 N–H and O–H groups in total. The summed E-state index contributed by atoms with van der Waals surface area (Å²) in [5.41, 5.74) is 2.42. The number of Topliss-reactive ketones (excluding diaryl/α,β-unsaturated/α-hetero) is 1. The number of carbonyl (C=O) groups excluding carboxylic acids is 2. The number of hydrogen-bond acceptors (Lipinski definition) is 6. The van der Waals surface area contributed by atoms with Crippen LogP contribution in [0.2, 0.25) is 0 Å². The molecule has 7 heteroatoms. The van der Waals surface area contributed by atoms with Crippen LogP contribution >= 0.6 is 0 Å². The van der Waals surface area contributed by atoms with Crippen molar-refractivity contribution in [2.24, 2.45) is 5.92 Å². The summed E-state index contributed by atoms with van der Waals surface area (Å²) in [7, 11) is 0. The molecule has 1 amide bonds. The number of aryl methyl sites for hydroxylation is 1. The van der Waals surface area contributed by atoms with Crippen molar-refractivity contribution in [2.45, 2.75) is 33.2 Å². The van der Waals surface area contributed by atoms with E-state index in [1.807, 2.05) is 43.3 Å². The Hall–Kier alpha value is -3.16. The first-order chi connectivity index (χ1) is 17.3. The van der Waals surface area contributed by atoms with Gasteiger partial charge in [-0.05, 0) is 37.0 Å². The maximum Gasteiger partial charge on any atom is 0.295 e. The summed E-state index contributed by atoms with van der Waals surface area (Å²) >= 11 is 0. The largest absolute Gasteiger partial charge is 0.507 e. The van der Waals surface area contributed by atoms with Crippen molar-refractivity contribution in [3.8, 4) is 5.75 Å². The number of ether oxygens (including phenoxy) is 2. The zero-order valence-electron chi connectivity index (χ0n) is 21.4. The average Bonchev–Trinajstić information content (AvgIpc) is 3.13. The van der Waals surface area contributed by atoms with Gasteiger partial charge in [-0.15, -0.1) is 0 Å². The van der Waals surface area contributed by atoms with Crippen LogP contribution in [0.4, 0.5) is 0 Å². The maximum atomic E-state index is 13.3. The third-order valence-electron chi connectivity index (χ3n) is 6.76. The molecule has 1 unspecified atom stereocenters. The topological polar surface area (TPSA) is 79.3 Å². The van der Waals surface area contributed by atoms with Gasteiger partial charge in [0.1, 0.15) is 11.5 Å². The van der Waals surface area contributed by atoms with Gasteiger partial charge in [-0.3, -0.25) is 14.5 Å². The zero-order valence-corrected chi connectivity index (χ0v) is 21.4. The SMILES string of the molecule is Cc1ccc(C(O)=C2C(=O)C(=O)N(CCN3CCOCC3)C2c2cccc(OCCC(C)C)c2)cc1. The van der Waals surface area contributed by atoms with Crippen LogP contribution in [0.15, 0.2) is 54.1 Å². The number of benzene rings is 2. The Morgan fingerprint density at radius 3 is 2.50 bits per heavy atom. The molecular weight excluding hydrogens is 456 g/mol. The maximum absolute atomic E-state index is 13.3. The van der Waals surface area contributed by atoms with Crippen molar-refractivity contribution in [1.82, 2.24) is 9.80 Å². The minimum absolute atomic E-state index is 0.116. The Labute approximate surface area is 213 Å². The average molecular weight is 493 g/mol. The second-order valence-electron chi connectivity index (χ2n) is 9.92. The number of rotatable bonds is 9. The van der Waals surface area contributed by atoms with E-state index in [2.05, 4.69) is 18.7 Å². The summed E-state index contributed by atoms with van der Waals surface area (Å²) in [5, 5.41) is 11.3. The summed E-state index contributed by atoms with van der Waals surface area (Å²) in [6.07, 6.45) is 0.926. The van der Waals surface area contributed by atoms with E-state index < -0.39 is 17.7 Å². The van der Waals surface area contributed by atoms with Gasteiger partial charge in [-0.25, -0.2) is 0 Å². The standard InChI is InChI=1S/C29H36N2O5/c1-20(2)11-16-36-24-6-4-5-23(19-24)26-25(27(32)22-9-7-21(3)8-10-22)28(33)29(34)31(26)13-12-30-14-17-35-18-15-30/h4-10,19-20,26,32H,11-18H2,1-3H3. The molecule has 2 aromatic carbocycles. The van der Waals surface area contributed by atoms with E-state index in [0.29, 0.717) is 50.1 Å². The Morgan fingerprint density at radius 1 is 1.08 bits per heavy atom. The highest BCUT2D eigenvalue weighted by Crippen LogP contribution is 2.40. The predicted molar refractivity (Wildman–Crippen MR) is 139 cm³/mol. The van der Waals surface area contributed by atoms with E-state index in [9.17, 15) is 14.7 Å². The van der Waals surface area contributed by atoms with Gasteiger partial charge in [0.05, 0.1) is 31.4 Å². The quantitative estimate of drug-likeness (QED) is 0.322. The lowest BCUT2D eigenvalue weighted by molar-refractivity contribution is -0.140. The summed E-state index contributed by atoms with van der Waals surface area (Å²) in [6.45, 7) is 10.7. The fraction of sp³-hybridized carbons (Fsp3) is 0.448. The van der Waals surface area contributed by atoms with Crippen LogP contribution in [0.3, 0.4) is 0 Å². The Bertz CT molecular complexity index is 1100. The van der Waals surface area contributed by atoms with Crippen LogP contribution < -0.4 is 4.74 Å². The normalized spacial score (nSPS) is 20.3. The summed E-state index contributed by atoms with van der Waals surface area (Å²) in [6, 6.07) is 14.1. The van der Waals surface area contributed by atoms with Gasteiger partial charge in [-0.2, -0.15) is 0 Å². The molecule has 0 aromatic heterocycles. The third-order valence-corrected chi connectivity index (χ3v) is 6.76. The van der Waals surface area contributed by atoms with Crippen LogP contribution in [-0.4, -0.2) is 72.6 Å². The lowest BCUT2D eigenvalue weighted by atomic mass is 9.95. The van der Waals surface area contributed by atoms with Gasteiger partial charge in [0.15, 0.2) is 0 Å². The number of hydrogen-bond donors (Lipinski definition) is 1. The molecule has 2 fully saturated rings. The Balaban J connectivity index is 1.69. The molecule has 1 atom stereocenters. The predicted octanol–water partition coefficient (Wildman–Crippen LogP) is 4.17. The molecule has 2 saturated heterocycles. The van der Waals surface area contributed by atoms with Gasteiger partial charge in [-0.1, -0.05) is 55.8 Å². The lowest BCUT2D eigenvalue weighted by Gasteiger charge is -2.31. The van der Waals surface area contributed by atoms with E-state index in [4.69, 9.17) is 9.47 Å². The van der Waals surface area contributed by atoms with E-state index in [0.717, 1.165) is 30.6 Å². The van der Waals surface area contributed by atoms with Gasteiger partial charge in [0, 0.05) is 31.7 Å². The van der Waals surface area contributed by atoms with E-state index in [1.165, 1.54) is 0 Å². The molecule has 36 heavy (non-hydrogen) atoms. The highest BCUT2D eigenvalue weighted by Gasteiger charge is 2.46. The van der Waals surface area contributed by atoms with Crippen molar-refractivity contribution in [1.29, 1.82) is 0 Å². The Morgan fingerprint density at radius 2 is 1.81 bits per heavy atom. The lowest BCUT2D eigenvalue weighted by Crippen LogP contribution is -2.42. The van der Waals surface area contributed by atoms with E-state index in [1.54, 1.807) is 17.0 Å². The van der Waals surface area contributed by atoms with Crippen LogP contribution in [0.25, 0.3) is 5.76 Å². The molecule has 2 aliphatic heterocycles. The smallest absolute Gasteiger partial charge is 0.295 e. The minimum atomic E-state index is -0.694. The van der Waals surface area contributed by atoms with Crippen LogP contribution in [-0.2, 0) is 14.3 Å². The second-order valence-corrected chi connectivity index (χ2v) is 9.92. The monoisotopic (exact) mass is 492 g/mol. The molecule has 2 heterocycles. The number of ketones is 1. The van der Waals surface area contributed by atoms with Crippen molar-refractivity contribution in [3.63, 3.8) is 0 Å². The second kappa shape index (κ2) is 11.7. The number of likely N-dealkylation sites (tertiary alicyclic amines) is 1. The number of aliphatic hydroxyl groups is 1. The van der Waals surface area contributed by atoms with Gasteiger partial charge in [0.2, 0.25) is 0 Å². The molecule has 0 radical (unpaired) electrons. The molecule has 7 nitrogen and oxygen atoms in total. The zero-order chi connectivity index (χ0) is 25.7. The molecular formula is C29H36N2O5. The molecule has 2 aliphatic rings. The number of amides is 1. The molecule has 0 bridgehead atoms. The van der Waals surface area contributed by atoms with Crippen molar-refractivity contribution in [2.75, 3.05) is 46.0 Å². The fourth-order valence-corrected chi connectivity index (χ4v) is 4.58. The van der Waals surface area contributed by atoms with Crippen LogP contribution in [0.1, 0.15) is 43.0 Å². The van der Waals surface area contributed by atoms with Gasteiger partial charge < -0.3 is 19.5 Å². The highest BCUT2D eigenvalue weighted by atomic mass is 16.5. The van der Waals surface area contributed by atoms with Crippen molar-refractivity contribution < 1.29 is 24.2 Å². The van der Waals surface area contributed by atoms with E-state index in [-0.39, 0.29) is 11.3 Å². The van der Waals surface area contributed by atoms with Crippen LogP contribution in [0, 0.1) is 12.8 Å². The first-order valence-corrected chi connectivity index (χ1v) is 12.7.